The van der Waals surface area contributed by atoms with Gasteiger partial charge in [-0.25, -0.2) is 4.98 Å². The predicted molar refractivity (Wildman–Crippen MR) is 106 cm³/mol. The number of nitriles is 1. The number of hydrogen-bond donors (Lipinski definition) is 2. The van der Waals surface area contributed by atoms with Crippen molar-refractivity contribution in [2.45, 2.75) is 0 Å². The molecule has 1 heterocycles. The first kappa shape index (κ1) is 19.1. The summed E-state index contributed by atoms with van der Waals surface area (Å²) >= 11 is 18.0. The molecule has 0 fully saturated rings. The number of benzene rings is 2. The zero-order valence-corrected chi connectivity index (χ0v) is 16.1. The second-order valence-electron chi connectivity index (χ2n) is 5.36. The number of nitrogens with one attached hydrogen (secondary N) is 2. The van der Waals surface area contributed by atoms with Gasteiger partial charge in [0.05, 0.1) is 27.9 Å². The molecule has 1 aromatic heterocycles. The van der Waals surface area contributed by atoms with Crippen LogP contribution in [0.5, 0.6) is 5.75 Å². The van der Waals surface area contributed by atoms with Crippen LogP contribution < -0.4 is 15.6 Å². The van der Waals surface area contributed by atoms with Crippen molar-refractivity contribution in [3.05, 3.63) is 67.4 Å². The summed E-state index contributed by atoms with van der Waals surface area (Å²) in [5, 5.41) is 13.0. The lowest BCUT2D eigenvalue weighted by atomic mass is 10.1. The molecule has 0 bridgehead atoms. The number of aromatic amines is 1. The summed E-state index contributed by atoms with van der Waals surface area (Å²) < 4.78 is 5.12. The van der Waals surface area contributed by atoms with E-state index in [0.717, 1.165) is 0 Å². The largest absolute Gasteiger partial charge is 0.497 e. The van der Waals surface area contributed by atoms with E-state index in [0.29, 0.717) is 17.0 Å². The average Bonchev–Trinajstić information content (AvgIpc) is 2.65. The third-order valence-electron chi connectivity index (χ3n) is 3.64. The zero-order valence-electron chi connectivity index (χ0n) is 13.8. The molecule has 3 rings (SSSR count). The van der Waals surface area contributed by atoms with E-state index in [1.165, 1.54) is 0 Å². The van der Waals surface area contributed by atoms with Gasteiger partial charge in [0.15, 0.2) is 0 Å². The number of ether oxygens (including phenoxy) is 1. The Hall–Kier alpha value is -2.72. The predicted octanol–water partition coefficient (Wildman–Crippen LogP) is 5.02. The van der Waals surface area contributed by atoms with Crippen LogP contribution in [0, 0.1) is 11.3 Å². The van der Waals surface area contributed by atoms with Crippen LogP contribution in [0.2, 0.25) is 15.1 Å². The van der Waals surface area contributed by atoms with Crippen LogP contribution in [0.15, 0.2) is 41.2 Å². The van der Waals surface area contributed by atoms with Crippen LogP contribution >= 0.6 is 34.8 Å². The summed E-state index contributed by atoms with van der Waals surface area (Å²) in [5.74, 6) is 0.769. The highest BCUT2D eigenvalue weighted by atomic mass is 35.5. The molecular weight excluding hydrogens is 411 g/mol. The number of methoxy groups -OCH3 is 1. The molecule has 0 unspecified atom stereocenters. The molecule has 27 heavy (non-hydrogen) atoms. The molecular formula is C18H11Cl3N4O2. The van der Waals surface area contributed by atoms with Gasteiger partial charge in [0.2, 0.25) is 5.95 Å². The van der Waals surface area contributed by atoms with Gasteiger partial charge in [-0.1, -0.05) is 34.8 Å². The van der Waals surface area contributed by atoms with Crippen molar-refractivity contribution in [3.63, 3.8) is 0 Å². The molecule has 0 radical (unpaired) electrons. The van der Waals surface area contributed by atoms with Crippen LogP contribution in [-0.2, 0) is 0 Å². The first-order valence-corrected chi connectivity index (χ1v) is 8.66. The van der Waals surface area contributed by atoms with Gasteiger partial charge in [0.25, 0.3) is 5.56 Å². The lowest BCUT2D eigenvalue weighted by Gasteiger charge is -2.10. The maximum Gasteiger partial charge on any atom is 0.270 e. The average molecular weight is 422 g/mol. The van der Waals surface area contributed by atoms with E-state index in [1.54, 1.807) is 43.5 Å². The molecule has 136 valence electrons. The monoisotopic (exact) mass is 420 g/mol. The number of halogens is 3. The van der Waals surface area contributed by atoms with Gasteiger partial charge < -0.3 is 10.1 Å². The fourth-order valence-corrected chi connectivity index (χ4v) is 2.95. The Labute approximate surface area is 169 Å². The Morgan fingerprint density at radius 2 is 1.78 bits per heavy atom. The zero-order chi connectivity index (χ0) is 19.6. The number of hydrogen-bond acceptors (Lipinski definition) is 5. The molecule has 0 aliphatic rings. The van der Waals surface area contributed by atoms with Crippen LogP contribution in [0.1, 0.15) is 5.56 Å². The summed E-state index contributed by atoms with van der Waals surface area (Å²) in [4.78, 5) is 19.2. The summed E-state index contributed by atoms with van der Waals surface area (Å²) in [6.45, 7) is 0. The Kier molecular flexibility index (Phi) is 5.57. The minimum absolute atomic E-state index is 0.0992. The first-order valence-electron chi connectivity index (χ1n) is 7.53. The quantitative estimate of drug-likeness (QED) is 0.577. The van der Waals surface area contributed by atoms with Crippen molar-refractivity contribution in [1.82, 2.24) is 9.97 Å². The third-order valence-corrected chi connectivity index (χ3v) is 4.84. The van der Waals surface area contributed by atoms with Crippen LogP contribution in [-0.4, -0.2) is 17.1 Å². The fourth-order valence-electron chi connectivity index (χ4n) is 2.36. The Morgan fingerprint density at radius 1 is 1.15 bits per heavy atom. The van der Waals surface area contributed by atoms with E-state index < -0.39 is 5.56 Å². The van der Waals surface area contributed by atoms with Gasteiger partial charge in [0.1, 0.15) is 17.4 Å². The number of aromatic nitrogens is 2. The molecule has 0 aliphatic heterocycles. The summed E-state index contributed by atoms with van der Waals surface area (Å²) in [5.41, 5.74) is 0.624. The Balaban J connectivity index is 2.06. The summed E-state index contributed by atoms with van der Waals surface area (Å²) in [7, 11) is 1.55. The van der Waals surface area contributed by atoms with E-state index in [9.17, 15) is 10.1 Å². The maximum atomic E-state index is 12.3. The van der Waals surface area contributed by atoms with Gasteiger partial charge in [-0.05, 0) is 36.4 Å². The van der Waals surface area contributed by atoms with Crippen LogP contribution in [0.4, 0.5) is 11.6 Å². The molecule has 0 atom stereocenters. The van der Waals surface area contributed by atoms with E-state index >= 15 is 0 Å². The summed E-state index contributed by atoms with van der Waals surface area (Å²) in [6.07, 6.45) is 0. The van der Waals surface area contributed by atoms with E-state index in [1.807, 2.05) is 6.07 Å². The minimum atomic E-state index is -0.577. The van der Waals surface area contributed by atoms with Crippen LogP contribution in [0.25, 0.3) is 11.3 Å². The second kappa shape index (κ2) is 7.89. The van der Waals surface area contributed by atoms with Gasteiger partial charge in [-0.3, -0.25) is 9.78 Å². The van der Waals surface area contributed by atoms with Gasteiger partial charge in [-0.15, -0.1) is 0 Å². The smallest absolute Gasteiger partial charge is 0.270 e. The topological polar surface area (TPSA) is 90.8 Å². The van der Waals surface area contributed by atoms with Crippen molar-refractivity contribution >= 4 is 46.4 Å². The van der Waals surface area contributed by atoms with Crippen LogP contribution in [0.3, 0.4) is 0 Å². The van der Waals surface area contributed by atoms with E-state index in [4.69, 9.17) is 39.5 Å². The van der Waals surface area contributed by atoms with Crippen molar-refractivity contribution in [3.8, 4) is 23.1 Å². The van der Waals surface area contributed by atoms with Gasteiger partial charge in [0, 0.05) is 11.3 Å². The molecule has 0 saturated heterocycles. The lowest BCUT2D eigenvalue weighted by Crippen LogP contribution is -2.16. The van der Waals surface area contributed by atoms with Crippen molar-refractivity contribution in [1.29, 1.82) is 5.26 Å². The fraction of sp³-hybridized carbons (Fsp3) is 0.0556. The van der Waals surface area contributed by atoms with Crippen molar-refractivity contribution < 1.29 is 4.74 Å². The lowest BCUT2D eigenvalue weighted by molar-refractivity contribution is 0.415. The molecule has 9 heteroatoms. The molecule has 0 saturated carbocycles. The number of H-pyrrole nitrogens is 1. The molecule has 2 aromatic carbocycles. The second-order valence-corrected chi connectivity index (χ2v) is 6.55. The number of nitrogens with zero attached hydrogens (tertiary/aromatic N) is 2. The van der Waals surface area contributed by atoms with Gasteiger partial charge >= 0.3 is 0 Å². The molecule has 2 N–H and O–H groups in total. The maximum absolute atomic E-state index is 12.3. The number of anilines is 2. The standard InChI is InChI=1S/C18H11Cl3N4O2/c1-27-11-4-2-9(3-5-11)16-12(8-22)17(26)25-18(24-16)23-10-6-13(19)15(21)14(20)7-10/h2-7H,1H3,(H2,23,24,25,26). The SMILES string of the molecule is COc1ccc(-c2nc(Nc3cc(Cl)c(Cl)c(Cl)c3)[nH]c(=O)c2C#N)cc1. The third kappa shape index (κ3) is 4.01. The molecule has 0 aliphatic carbocycles. The molecule has 6 nitrogen and oxygen atoms in total. The Bertz CT molecular complexity index is 1080. The summed E-state index contributed by atoms with van der Waals surface area (Å²) in [6, 6.07) is 11.8. The van der Waals surface area contributed by atoms with E-state index in [-0.39, 0.29) is 32.3 Å². The highest BCUT2D eigenvalue weighted by molar-refractivity contribution is 6.48. The first-order chi connectivity index (χ1) is 12.9. The highest BCUT2D eigenvalue weighted by Gasteiger charge is 2.14. The number of rotatable bonds is 4. The highest BCUT2D eigenvalue weighted by Crippen LogP contribution is 2.34. The normalized spacial score (nSPS) is 10.3. The Morgan fingerprint density at radius 3 is 2.33 bits per heavy atom. The van der Waals surface area contributed by atoms with Crippen molar-refractivity contribution in [2.75, 3.05) is 12.4 Å². The van der Waals surface area contributed by atoms with Crippen molar-refractivity contribution in [2.24, 2.45) is 0 Å². The minimum Gasteiger partial charge on any atom is -0.497 e. The van der Waals surface area contributed by atoms with Gasteiger partial charge in [-0.2, -0.15) is 5.26 Å². The molecule has 0 spiro atoms. The van der Waals surface area contributed by atoms with E-state index in [2.05, 4.69) is 15.3 Å². The molecule has 0 amide bonds. The molecule has 3 aromatic rings.